The van der Waals surface area contributed by atoms with Gasteiger partial charge in [0.1, 0.15) is 12.9 Å². The van der Waals surface area contributed by atoms with Crippen molar-refractivity contribution in [3.8, 4) is 16.8 Å². The third-order valence-corrected chi connectivity index (χ3v) is 7.10. The molecule has 0 aliphatic carbocycles. The molecule has 3 N–H and O–H groups in total. The van der Waals surface area contributed by atoms with E-state index in [1.165, 1.54) is 30.3 Å². The number of nitrogens with zero attached hydrogens (tertiary/aromatic N) is 6. The number of nitrogens with one attached hydrogen (secondary N) is 2. The Hall–Kier alpha value is -6.15. The van der Waals surface area contributed by atoms with Crippen LogP contribution < -0.4 is 16.2 Å². The lowest BCUT2D eigenvalue weighted by Gasteiger charge is -2.20. The van der Waals surface area contributed by atoms with E-state index in [4.69, 9.17) is 11.6 Å². The zero-order valence-electron chi connectivity index (χ0n) is 24.8. The van der Waals surface area contributed by atoms with Crippen LogP contribution in [-0.2, 0) is 27.3 Å². The second-order valence-corrected chi connectivity index (χ2v) is 10.5. The van der Waals surface area contributed by atoms with Gasteiger partial charge in [-0.05, 0) is 70.4 Å². The Kier molecular flexibility index (Phi) is 10.1. The summed E-state index contributed by atoms with van der Waals surface area (Å²) in [7, 11) is 1.23. The molecule has 0 radical (unpaired) electrons. The maximum absolute atomic E-state index is 13.4. The molecular weight excluding hydrogens is 628 g/mol. The molecule has 0 saturated heterocycles. The van der Waals surface area contributed by atoms with E-state index in [-0.39, 0.29) is 17.7 Å². The number of halogens is 1. The smallest absolute Gasteiger partial charge is 0.411 e. The van der Waals surface area contributed by atoms with Crippen LogP contribution in [0.5, 0.6) is 0 Å². The maximum atomic E-state index is 13.4. The van der Waals surface area contributed by atoms with E-state index >= 15 is 0 Å². The van der Waals surface area contributed by atoms with Crippen molar-refractivity contribution in [2.24, 2.45) is 0 Å². The number of carbonyl (C=O) groups is 3. The van der Waals surface area contributed by atoms with Gasteiger partial charge in [-0.1, -0.05) is 54.1 Å². The quantitative estimate of drug-likeness (QED) is 0.176. The monoisotopic (exact) mass is 654 g/mol. The molecule has 2 heterocycles. The van der Waals surface area contributed by atoms with Gasteiger partial charge in [0.05, 0.1) is 30.1 Å². The van der Waals surface area contributed by atoms with Crippen LogP contribution in [0.3, 0.4) is 0 Å². The standard InChI is InChI=1S/C32H27ClN8O6/c1-47-32(46)35-24-11-7-21(8-12-24)25-17-27(37-40(31(25)45)18-30(43)44)26(15-20-5-3-2-4-6-20)36-29(42)14-9-22-16-23(33)10-13-28(22)41-19-34-38-39-41/h2-14,16-17,19,26H,15,18H2,1H3,(H,35,46)(H,36,42)(H,43,44)/b14-9+. The average molecular weight is 655 g/mol. The Morgan fingerprint density at radius 3 is 2.49 bits per heavy atom. The van der Waals surface area contributed by atoms with Crippen LogP contribution >= 0.6 is 11.6 Å². The van der Waals surface area contributed by atoms with E-state index in [2.05, 4.69) is 36.0 Å². The molecule has 0 aliphatic rings. The highest BCUT2D eigenvalue weighted by atomic mass is 35.5. The highest BCUT2D eigenvalue weighted by Crippen LogP contribution is 2.24. The Balaban J connectivity index is 1.51. The first-order valence-electron chi connectivity index (χ1n) is 14.0. The number of benzene rings is 3. The van der Waals surface area contributed by atoms with Crippen molar-refractivity contribution in [2.75, 3.05) is 12.4 Å². The van der Waals surface area contributed by atoms with Crippen LogP contribution in [0, 0.1) is 0 Å². The summed E-state index contributed by atoms with van der Waals surface area (Å²) in [4.78, 5) is 50.1. The zero-order valence-corrected chi connectivity index (χ0v) is 25.5. The van der Waals surface area contributed by atoms with Crippen molar-refractivity contribution in [3.63, 3.8) is 0 Å². The third kappa shape index (κ3) is 8.32. The molecule has 0 bridgehead atoms. The summed E-state index contributed by atoms with van der Waals surface area (Å²) in [5.74, 6) is -1.77. The van der Waals surface area contributed by atoms with Crippen LogP contribution in [0.15, 0.2) is 96.1 Å². The van der Waals surface area contributed by atoms with Crippen LogP contribution in [-0.4, -0.2) is 60.2 Å². The summed E-state index contributed by atoms with van der Waals surface area (Å²) in [5, 5.41) is 31.0. The van der Waals surface area contributed by atoms with Gasteiger partial charge in [0.25, 0.3) is 5.56 Å². The number of rotatable bonds is 11. The third-order valence-electron chi connectivity index (χ3n) is 6.86. The first-order valence-corrected chi connectivity index (χ1v) is 14.4. The number of methoxy groups -OCH3 is 1. The lowest BCUT2D eigenvalue weighted by Crippen LogP contribution is -2.34. The summed E-state index contributed by atoms with van der Waals surface area (Å²) < 4.78 is 6.89. The number of aromatic nitrogens is 6. The van der Waals surface area contributed by atoms with Crippen LogP contribution in [0.4, 0.5) is 10.5 Å². The van der Waals surface area contributed by atoms with Gasteiger partial charge in [-0.3, -0.25) is 19.7 Å². The van der Waals surface area contributed by atoms with E-state index < -0.39 is 36.1 Å². The van der Waals surface area contributed by atoms with E-state index in [0.29, 0.717) is 27.5 Å². The second-order valence-electron chi connectivity index (χ2n) is 10.1. The Morgan fingerprint density at radius 2 is 1.81 bits per heavy atom. The molecule has 0 fully saturated rings. The van der Waals surface area contributed by atoms with Gasteiger partial charge >= 0.3 is 12.1 Å². The van der Waals surface area contributed by atoms with E-state index in [0.717, 1.165) is 10.2 Å². The van der Waals surface area contributed by atoms with Gasteiger partial charge < -0.3 is 15.2 Å². The molecule has 3 aromatic carbocycles. The number of ether oxygens (including phenoxy) is 1. The Morgan fingerprint density at radius 1 is 1.04 bits per heavy atom. The Labute approximate surface area is 272 Å². The number of anilines is 1. The summed E-state index contributed by atoms with van der Waals surface area (Å²) in [5.41, 5.74) is 2.62. The molecule has 2 amide bonds. The van der Waals surface area contributed by atoms with E-state index in [9.17, 15) is 24.3 Å². The molecule has 1 atom stereocenters. The number of carboxylic acid groups (broad SMARTS) is 1. The van der Waals surface area contributed by atoms with Crippen LogP contribution in [0.2, 0.25) is 5.02 Å². The minimum Gasteiger partial charge on any atom is -0.480 e. The summed E-state index contributed by atoms with van der Waals surface area (Å²) in [6.07, 6.45) is 3.90. The molecule has 0 spiro atoms. The first kappa shape index (κ1) is 32.2. The van der Waals surface area contributed by atoms with Crippen molar-refractivity contribution >= 4 is 41.3 Å². The van der Waals surface area contributed by atoms with Gasteiger partial charge in [-0.15, -0.1) is 5.10 Å². The summed E-state index contributed by atoms with van der Waals surface area (Å²) in [6, 6.07) is 21.4. The lowest BCUT2D eigenvalue weighted by atomic mass is 10.00. The predicted octanol–water partition coefficient (Wildman–Crippen LogP) is 3.92. The normalized spacial score (nSPS) is 11.6. The van der Waals surface area contributed by atoms with Crippen molar-refractivity contribution < 1.29 is 24.2 Å². The fourth-order valence-corrected chi connectivity index (χ4v) is 4.86. The number of tetrazole rings is 1. The summed E-state index contributed by atoms with van der Waals surface area (Å²) >= 11 is 6.22. The minimum atomic E-state index is -1.27. The molecule has 0 saturated carbocycles. The highest BCUT2D eigenvalue weighted by Gasteiger charge is 2.21. The topological polar surface area (TPSA) is 183 Å². The summed E-state index contributed by atoms with van der Waals surface area (Å²) in [6.45, 7) is -0.706. The van der Waals surface area contributed by atoms with Gasteiger partial charge in [0.2, 0.25) is 5.91 Å². The lowest BCUT2D eigenvalue weighted by molar-refractivity contribution is -0.138. The molecule has 15 heteroatoms. The maximum Gasteiger partial charge on any atom is 0.411 e. The fourth-order valence-electron chi connectivity index (χ4n) is 4.68. The van der Waals surface area contributed by atoms with Crippen molar-refractivity contribution in [1.82, 2.24) is 35.3 Å². The SMILES string of the molecule is COC(=O)Nc1ccc(-c2cc(C(Cc3ccccc3)NC(=O)/C=C/c3cc(Cl)ccc3-n3cnnn3)nn(CC(=O)O)c2=O)cc1. The van der Waals surface area contributed by atoms with E-state index in [1.54, 1.807) is 48.5 Å². The van der Waals surface area contributed by atoms with Crippen molar-refractivity contribution in [3.05, 3.63) is 123 Å². The molecule has 238 valence electrons. The predicted molar refractivity (Wildman–Crippen MR) is 172 cm³/mol. The highest BCUT2D eigenvalue weighted by molar-refractivity contribution is 6.30. The largest absolute Gasteiger partial charge is 0.480 e. The molecule has 1 unspecified atom stereocenters. The Bertz CT molecular complexity index is 1980. The number of amides is 2. The molecule has 14 nitrogen and oxygen atoms in total. The zero-order chi connectivity index (χ0) is 33.3. The molecule has 5 rings (SSSR count). The number of hydrogen-bond acceptors (Lipinski definition) is 9. The van der Waals surface area contributed by atoms with Crippen LogP contribution in [0.1, 0.15) is 22.9 Å². The number of carbonyl (C=O) groups excluding carboxylic acids is 2. The fraction of sp³-hybridized carbons (Fsp3) is 0.125. The minimum absolute atomic E-state index is 0.147. The second kappa shape index (κ2) is 14.8. The number of carboxylic acids is 1. The average Bonchev–Trinajstić information content (AvgIpc) is 3.60. The number of hydrogen-bond donors (Lipinski definition) is 3. The van der Waals surface area contributed by atoms with Gasteiger partial charge in [-0.25, -0.2) is 9.48 Å². The van der Waals surface area contributed by atoms with Crippen LogP contribution in [0.25, 0.3) is 22.9 Å². The first-order chi connectivity index (χ1) is 22.7. The van der Waals surface area contributed by atoms with Gasteiger partial charge in [-0.2, -0.15) is 9.78 Å². The van der Waals surface area contributed by atoms with Gasteiger partial charge in [0, 0.05) is 22.3 Å². The van der Waals surface area contributed by atoms with Crippen molar-refractivity contribution in [2.45, 2.75) is 19.0 Å². The number of aliphatic carboxylic acids is 1. The van der Waals surface area contributed by atoms with E-state index in [1.807, 2.05) is 30.3 Å². The molecule has 2 aromatic heterocycles. The molecule has 0 aliphatic heterocycles. The van der Waals surface area contributed by atoms with Gasteiger partial charge in [0.15, 0.2) is 0 Å². The molecular formula is C32H27ClN8O6. The molecule has 5 aromatic rings. The van der Waals surface area contributed by atoms with Crippen molar-refractivity contribution in [1.29, 1.82) is 0 Å². The molecule has 47 heavy (non-hydrogen) atoms.